The van der Waals surface area contributed by atoms with E-state index in [2.05, 4.69) is 15.3 Å². The van der Waals surface area contributed by atoms with Crippen LogP contribution in [0.2, 0.25) is 0 Å². The molecule has 0 fully saturated rings. The van der Waals surface area contributed by atoms with Gasteiger partial charge in [0.1, 0.15) is 5.65 Å². The van der Waals surface area contributed by atoms with Gasteiger partial charge in [-0.1, -0.05) is 13.8 Å². The molecule has 6 nitrogen and oxygen atoms in total. The largest absolute Gasteiger partial charge is 0.481 e. The Hall–Kier alpha value is -2.37. The number of fused-ring (bicyclic) bond motifs is 1. The fourth-order valence-corrected chi connectivity index (χ4v) is 2.47. The number of carbonyl (C=O) groups excluding carboxylic acids is 1. The van der Waals surface area contributed by atoms with Gasteiger partial charge in [0.2, 0.25) is 5.91 Å². The van der Waals surface area contributed by atoms with Crippen LogP contribution >= 0.6 is 0 Å². The number of H-pyrrole nitrogens is 1. The molecule has 2 aromatic heterocycles. The number of pyridine rings is 1. The summed E-state index contributed by atoms with van der Waals surface area (Å²) >= 11 is 0. The highest BCUT2D eigenvalue weighted by atomic mass is 16.4. The minimum absolute atomic E-state index is 0.160. The van der Waals surface area contributed by atoms with Crippen LogP contribution in [0.4, 0.5) is 0 Å². The van der Waals surface area contributed by atoms with Gasteiger partial charge >= 0.3 is 5.97 Å². The number of aliphatic carboxylic acids is 1. The molecule has 0 saturated heterocycles. The Balaban J connectivity index is 1.94. The molecule has 0 saturated carbocycles. The fraction of sp³-hybridized carbons (Fsp3) is 0.438. The molecule has 0 aliphatic carbocycles. The van der Waals surface area contributed by atoms with Gasteiger partial charge in [-0.25, -0.2) is 4.98 Å². The van der Waals surface area contributed by atoms with Crippen molar-refractivity contribution in [1.82, 2.24) is 15.3 Å². The lowest BCUT2D eigenvalue weighted by Gasteiger charge is -2.15. The highest BCUT2D eigenvalue weighted by Gasteiger charge is 2.20. The van der Waals surface area contributed by atoms with Crippen LogP contribution in [0, 0.1) is 11.8 Å². The molecule has 2 rings (SSSR count). The molecule has 1 amide bonds. The summed E-state index contributed by atoms with van der Waals surface area (Å²) in [5.74, 6) is -1.32. The average molecular weight is 303 g/mol. The molecule has 0 bridgehead atoms. The van der Waals surface area contributed by atoms with Crippen LogP contribution in [0.25, 0.3) is 11.0 Å². The predicted molar refractivity (Wildman–Crippen MR) is 83.4 cm³/mol. The van der Waals surface area contributed by atoms with Crippen molar-refractivity contribution in [2.24, 2.45) is 11.8 Å². The lowest BCUT2D eigenvalue weighted by molar-refractivity contribution is -0.142. The third-order valence-electron chi connectivity index (χ3n) is 3.54. The minimum Gasteiger partial charge on any atom is -0.481 e. The number of carboxylic acid groups (broad SMARTS) is 1. The summed E-state index contributed by atoms with van der Waals surface area (Å²) in [5.41, 5.74) is 1.60. The summed E-state index contributed by atoms with van der Waals surface area (Å²) in [6, 6.07) is 3.72. The molecule has 6 heteroatoms. The standard InChI is InChI=1S/C16H21N3O3/c1-10(2)6-12(16(21)22)9-18-14(20)7-11-8-19-15-13(11)4-3-5-17-15/h3-5,8,10,12H,6-7,9H2,1-2H3,(H,17,19)(H,18,20)(H,21,22). The first-order valence-corrected chi connectivity index (χ1v) is 7.38. The maximum atomic E-state index is 12.0. The molecule has 0 radical (unpaired) electrons. The molecule has 2 heterocycles. The van der Waals surface area contributed by atoms with Crippen LogP contribution in [0.5, 0.6) is 0 Å². The summed E-state index contributed by atoms with van der Waals surface area (Å²) in [5, 5.41) is 12.8. The Morgan fingerprint density at radius 2 is 2.18 bits per heavy atom. The second kappa shape index (κ2) is 7.06. The molecule has 22 heavy (non-hydrogen) atoms. The third kappa shape index (κ3) is 4.07. The first-order chi connectivity index (χ1) is 10.5. The molecule has 0 aliphatic rings. The van der Waals surface area contributed by atoms with Gasteiger partial charge in [0.25, 0.3) is 0 Å². The molecule has 3 N–H and O–H groups in total. The van der Waals surface area contributed by atoms with E-state index < -0.39 is 11.9 Å². The molecular weight excluding hydrogens is 282 g/mol. The van der Waals surface area contributed by atoms with Crippen molar-refractivity contribution >= 4 is 22.9 Å². The minimum atomic E-state index is -0.870. The van der Waals surface area contributed by atoms with E-state index in [1.54, 1.807) is 12.4 Å². The maximum absolute atomic E-state index is 12.0. The highest BCUT2D eigenvalue weighted by molar-refractivity contribution is 5.87. The number of aromatic amines is 1. The highest BCUT2D eigenvalue weighted by Crippen LogP contribution is 2.16. The molecular formula is C16H21N3O3. The Labute approximate surface area is 128 Å². The monoisotopic (exact) mass is 303 g/mol. The number of hydrogen-bond donors (Lipinski definition) is 3. The number of nitrogens with one attached hydrogen (secondary N) is 2. The zero-order chi connectivity index (χ0) is 16.1. The van der Waals surface area contributed by atoms with E-state index in [1.807, 2.05) is 26.0 Å². The molecule has 0 aromatic carbocycles. The molecule has 1 atom stereocenters. The van der Waals surface area contributed by atoms with Crippen LogP contribution in [0.3, 0.4) is 0 Å². The van der Waals surface area contributed by atoms with Gasteiger partial charge < -0.3 is 15.4 Å². The van der Waals surface area contributed by atoms with E-state index in [-0.39, 0.29) is 24.8 Å². The van der Waals surface area contributed by atoms with E-state index in [1.165, 1.54) is 0 Å². The van der Waals surface area contributed by atoms with Crippen LogP contribution < -0.4 is 5.32 Å². The van der Waals surface area contributed by atoms with Crippen molar-refractivity contribution in [3.05, 3.63) is 30.1 Å². The first-order valence-electron chi connectivity index (χ1n) is 7.38. The first kappa shape index (κ1) is 16.0. The Morgan fingerprint density at radius 3 is 2.86 bits per heavy atom. The van der Waals surface area contributed by atoms with E-state index in [9.17, 15) is 9.59 Å². The summed E-state index contributed by atoms with van der Waals surface area (Å²) in [4.78, 5) is 30.4. The summed E-state index contributed by atoms with van der Waals surface area (Å²) in [6.45, 7) is 4.10. The zero-order valence-electron chi connectivity index (χ0n) is 12.8. The molecule has 0 spiro atoms. The summed E-state index contributed by atoms with van der Waals surface area (Å²) < 4.78 is 0. The van der Waals surface area contributed by atoms with Crippen LogP contribution in [0.15, 0.2) is 24.5 Å². The van der Waals surface area contributed by atoms with Crippen molar-refractivity contribution in [1.29, 1.82) is 0 Å². The Kier molecular flexibility index (Phi) is 5.14. The number of aromatic nitrogens is 2. The summed E-state index contributed by atoms with van der Waals surface area (Å²) in [7, 11) is 0. The van der Waals surface area contributed by atoms with Crippen molar-refractivity contribution in [3.8, 4) is 0 Å². The summed E-state index contributed by atoms with van der Waals surface area (Å²) in [6.07, 6.45) is 4.21. The predicted octanol–water partition coefficient (Wildman–Crippen LogP) is 1.97. The second-order valence-corrected chi connectivity index (χ2v) is 5.86. The van der Waals surface area contributed by atoms with Gasteiger partial charge in [-0.3, -0.25) is 9.59 Å². The van der Waals surface area contributed by atoms with Crippen LogP contribution in [0.1, 0.15) is 25.8 Å². The van der Waals surface area contributed by atoms with Gasteiger partial charge in [-0.2, -0.15) is 0 Å². The van der Waals surface area contributed by atoms with E-state index in [4.69, 9.17) is 5.11 Å². The molecule has 1 unspecified atom stereocenters. The zero-order valence-corrected chi connectivity index (χ0v) is 12.8. The van der Waals surface area contributed by atoms with Gasteiger partial charge in [0.05, 0.1) is 12.3 Å². The Morgan fingerprint density at radius 1 is 1.41 bits per heavy atom. The SMILES string of the molecule is CC(C)CC(CNC(=O)Cc1c[nH]c2ncccc12)C(=O)O. The number of carboxylic acids is 1. The second-order valence-electron chi connectivity index (χ2n) is 5.86. The van der Waals surface area contributed by atoms with Crippen molar-refractivity contribution in [2.75, 3.05) is 6.54 Å². The third-order valence-corrected chi connectivity index (χ3v) is 3.54. The van der Waals surface area contributed by atoms with Crippen molar-refractivity contribution in [2.45, 2.75) is 26.7 Å². The fourth-order valence-electron chi connectivity index (χ4n) is 2.47. The lowest BCUT2D eigenvalue weighted by atomic mass is 9.97. The quantitative estimate of drug-likeness (QED) is 0.728. The van der Waals surface area contributed by atoms with E-state index >= 15 is 0 Å². The van der Waals surface area contributed by atoms with Gasteiger partial charge in [0, 0.05) is 24.3 Å². The lowest BCUT2D eigenvalue weighted by Crippen LogP contribution is -2.34. The van der Waals surface area contributed by atoms with Crippen molar-refractivity contribution in [3.63, 3.8) is 0 Å². The van der Waals surface area contributed by atoms with Gasteiger partial charge in [0.15, 0.2) is 0 Å². The van der Waals surface area contributed by atoms with Crippen molar-refractivity contribution < 1.29 is 14.7 Å². The van der Waals surface area contributed by atoms with E-state index in [0.29, 0.717) is 6.42 Å². The number of carbonyl (C=O) groups is 2. The van der Waals surface area contributed by atoms with E-state index in [0.717, 1.165) is 16.6 Å². The Bertz CT molecular complexity index is 663. The van der Waals surface area contributed by atoms with Crippen LogP contribution in [-0.2, 0) is 16.0 Å². The normalized spacial score (nSPS) is 12.5. The van der Waals surface area contributed by atoms with Gasteiger partial charge in [-0.15, -0.1) is 0 Å². The molecule has 0 aliphatic heterocycles. The molecule has 2 aromatic rings. The van der Waals surface area contributed by atoms with Crippen LogP contribution in [-0.4, -0.2) is 33.5 Å². The smallest absolute Gasteiger partial charge is 0.308 e. The average Bonchev–Trinajstić information content (AvgIpc) is 2.86. The number of amides is 1. The number of hydrogen-bond acceptors (Lipinski definition) is 3. The number of nitrogens with zero attached hydrogens (tertiary/aromatic N) is 1. The topological polar surface area (TPSA) is 95.1 Å². The maximum Gasteiger partial charge on any atom is 0.308 e. The molecule has 118 valence electrons. The van der Waals surface area contributed by atoms with Gasteiger partial charge in [-0.05, 0) is 30.0 Å². The number of rotatable bonds is 7.